The van der Waals surface area contributed by atoms with Gasteiger partial charge in [0.1, 0.15) is 5.75 Å². The number of amides is 1. The van der Waals surface area contributed by atoms with Gasteiger partial charge in [-0.2, -0.15) is 0 Å². The Kier molecular flexibility index (Phi) is 4.98. The summed E-state index contributed by atoms with van der Waals surface area (Å²) in [5.41, 5.74) is 6.16. The number of carbonyl (C=O) groups is 1. The van der Waals surface area contributed by atoms with E-state index in [4.69, 9.17) is 15.2 Å². The Morgan fingerprint density at radius 2 is 2.20 bits per heavy atom. The minimum atomic E-state index is -0.472. The number of primary amides is 1. The Morgan fingerprint density at radius 1 is 1.45 bits per heavy atom. The van der Waals surface area contributed by atoms with Crippen molar-refractivity contribution >= 4 is 5.91 Å². The van der Waals surface area contributed by atoms with Gasteiger partial charge in [0.2, 0.25) is 0 Å². The van der Waals surface area contributed by atoms with Crippen LogP contribution in [0.25, 0.3) is 0 Å². The van der Waals surface area contributed by atoms with Gasteiger partial charge in [-0.05, 0) is 37.5 Å². The van der Waals surface area contributed by atoms with E-state index >= 15 is 0 Å². The van der Waals surface area contributed by atoms with Crippen LogP contribution < -0.4 is 15.8 Å². The first-order valence-corrected chi connectivity index (χ1v) is 6.92. The molecule has 110 valence electrons. The van der Waals surface area contributed by atoms with Gasteiger partial charge >= 0.3 is 0 Å². The summed E-state index contributed by atoms with van der Waals surface area (Å²) in [4.78, 5) is 10.6. The topological polar surface area (TPSA) is 73.6 Å². The van der Waals surface area contributed by atoms with Crippen LogP contribution in [0.1, 0.15) is 25.3 Å². The number of hydrogen-bond donors (Lipinski definition) is 2. The Bertz CT molecular complexity index is 439. The lowest BCUT2D eigenvalue weighted by molar-refractivity contribution is -0.119. The summed E-state index contributed by atoms with van der Waals surface area (Å²) in [6.07, 6.45) is 2.25. The fraction of sp³-hybridized carbons (Fsp3) is 0.533. The van der Waals surface area contributed by atoms with E-state index in [1.807, 2.05) is 24.3 Å². The third-order valence-corrected chi connectivity index (χ3v) is 3.43. The fourth-order valence-corrected chi connectivity index (χ4v) is 2.31. The molecule has 5 nitrogen and oxygen atoms in total. The van der Waals surface area contributed by atoms with Crippen molar-refractivity contribution < 1.29 is 14.3 Å². The molecule has 1 aromatic rings. The van der Waals surface area contributed by atoms with E-state index < -0.39 is 5.91 Å². The summed E-state index contributed by atoms with van der Waals surface area (Å²) in [5.74, 6) is 0.180. The molecule has 1 aromatic carbocycles. The lowest BCUT2D eigenvalue weighted by Gasteiger charge is -2.23. The maximum Gasteiger partial charge on any atom is 0.255 e. The van der Waals surface area contributed by atoms with Crippen molar-refractivity contribution in [2.24, 2.45) is 5.73 Å². The third-order valence-electron chi connectivity index (χ3n) is 3.43. The monoisotopic (exact) mass is 278 g/mol. The van der Waals surface area contributed by atoms with Crippen LogP contribution in [0.2, 0.25) is 0 Å². The van der Waals surface area contributed by atoms with E-state index in [0.717, 1.165) is 38.1 Å². The first kappa shape index (κ1) is 14.8. The molecule has 1 saturated heterocycles. The molecule has 1 unspecified atom stereocenters. The van der Waals surface area contributed by atoms with Crippen LogP contribution in [0, 0.1) is 0 Å². The molecule has 0 radical (unpaired) electrons. The van der Waals surface area contributed by atoms with Gasteiger partial charge < -0.3 is 20.5 Å². The highest BCUT2D eigenvalue weighted by Gasteiger charge is 2.28. The smallest absolute Gasteiger partial charge is 0.255 e. The van der Waals surface area contributed by atoms with E-state index in [1.165, 1.54) is 0 Å². The van der Waals surface area contributed by atoms with Gasteiger partial charge in [0, 0.05) is 19.7 Å². The number of rotatable bonds is 7. The number of ether oxygens (including phenoxy) is 2. The molecular formula is C15H22N2O3. The van der Waals surface area contributed by atoms with Crippen molar-refractivity contribution in [2.75, 3.05) is 19.8 Å². The second-order valence-corrected chi connectivity index (χ2v) is 5.40. The van der Waals surface area contributed by atoms with Crippen LogP contribution in [0.15, 0.2) is 24.3 Å². The van der Waals surface area contributed by atoms with E-state index in [-0.39, 0.29) is 12.2 Å². The van der Waals surface area contributed by atoms with E-state index in [1.54, 1.807) is 0 Å². The SMILES string of the molecule is CC1(CNCc2ccc(OCC(N)=O)cc2)CCCO1. The van der Waals surface area contributed by atoms with Crippen molar-refractivity contribution in [2.45, 2.75) is 31.9 Å². The molecule has 0 saturated carbocycles. The number of hydrogen-bond acceptors (Lipinski definition) is 4. The summed E-state index contributed by atoms with van der Waals surface area (Å²) in [5, 5.41) is 3.41. The van der Waals surface area contributed by atoms with Crippen LogP contribution >= 0.6 is 0 Å². The molecule has 3 N–H and O–H groups in total. The summed E-state index contributed by atoms with van der Waals surface area (Å²) in [7, 11) is 0. The molecular weight excluding hydrogens is 256 g/mol. The molecule has 2 rings (SSSR count). The molecule has 0 aromatic heterocycles. The first-order chi connectivity index (χ1) is 9.57. The minimum absolute atomic E-state index is 0.0233. The zero-order chi connectivity index (χ0) is 14.4. The Labute approximate surface area is 119 Å². The van der Waals surface area contributed by atoms with Crippen molar-refractivity contribution in [3.05, 3.63) is 29.8 Å². The van der Waals surface area contributed by atoms with Crippen LogP contribution in [-0.2, 0) is 16.1 Å². The van der Waals surface area contributed by atoms with Crippen LogP contribution in [0.4, 0.5) is 0 Å². The maximum atomic E-state index is 10.6. The number of carbonyl (C=O) groups excluding carboxylic acids is 1. The van der Waals surface area contributed by atoms with Crippen LogP contribution in [-0.4, -0.2) is 31.3 Å². The molecule has 0 spiro atoms. The van der Waals surface area contributed by atoms with Gasteiger partial charge in [-0.25, -0.2) is 0 Å². The van der Waals surface area contributed by atoms with Gasteiger partial charge in [-0.15, -0.1) is 0 Å². The van der Waals surface area contributed by atoms with Gasteiger partial charge in [-0.1, -0.05) is 12.1 Å². The molecule has 1 atom stereocenters. The van der Waals surface area contributed by atoms with E-state index in [2.05, 4.69) is 12.2 Å². The summed E-state index contributed by atoms with van der Waals surface area (Å²) in [6.45, 7) is 4.56. The number of nitrogens with one attached hydrogen (secondary N) is 1. The average Bonchev–Trinajstić information content (AvgIpc) is 2.85. The summed E-state index contributed by atoms with van der Waals surface area (Å²) >= 11 is 0. The lowest BCUT2D eigenvalue weighted by atomic mass is 10.0. The molecule has 1 aliphatic rings. The summed E-state index contributed by atoms with van der Waals surface area (Å²) in [6, 6.07) is 7.63. The first-order valence-electron chi connectivity index (χ1n) is 6.92. The zero-order valence-electron chi connectivity index (χ0n) is 11.9. The molecule has 1 amide bonds. The minimum Gasteiger partial charge on any atom is -0.484 e. The highest BCUT2D eigenvalue weighted by Crippen LogP contribution is 2.24. The maximum absolute atomic E-state index is 10.6. The molecule has 5 heteroatoms. The standard InChI is InChI=1S/C15H22N2O3/c1-15(7-2-8-20-15)11-17-9-12-3-5-13(6-4-12)19-10-14(16)18/h3-6,17H,2,7-11H2,1H3,(H2,16,18). The van der Waals surface area contributed by atoms with Crippen molar-refractivity contribution in [3.63, 3.8) is 0 Å². The lowest BCUT2D eigenvalue weighted by Crippen LogP contribution is -2.36. The molecule has 1 aliphatic heterocycles. The fourth-order valence-electron chi connectivity index (χ4n) is 2.31. The summed E-state index contributed by atoms with van der Waals surface area (Å²) < 4.78 is 10.9. The quantitative estimate of drug-likeness (QED) is 0.786. The largest absolute Gasteiger partial charge is 0.484 e. The molecule has 0 aliphatic carbocycles. The Balaban J connectivity index is 1.74. The third kappa shape index (κ3) is 4.51. The Hall–Kier alpha value is -1.59. The van der Waals surface area contributed by atoms with Gasteiger partial charge in [0.15, 0.2) is 6.61 Å². The normalized spacial score (nSPS) is 21.9. The molecule has 1 fully saturated rings. The predicted molar refractivity (Wildman–Crippen MR) is 76.4 cm³/mol. The molecule has 1 heterocycles. The van der Waals surface area contributed by atoms with Crippen molar-refractivity contribution in [1.29, 1.82) is 0 Å². The Morgan fingerprint density at radius 3 is 2.80 bits per heavy atom. The van der Waals surface area contributed by atoms with E-state index in [0.29, 0.717) is 5.75 Å². The van der Waals surface area contributed by atoms with Crippen LogP contribution in [0.3, 0.4) is 0 Å². The van der Waals surface area contributed by atoms with Crippen LogP contribution in [0.5, 0.6) is 5.75 Å². The molecule has 20 heavy (non-hydrogen) atoms. The average molecular weight is 278 g/mol. The highest BCUT2D eigenvalue weighted by atomic mass is 16.5. The van der Waals surface area contributed by atoms with Crippen molar-refractivity contribution in [3.8, 4) is 5.75 Å². The predicted octanol–water partition coefficient (Wildman–Crippen LogP) is 1.21. The zero-order valence-corrected chi connectivity index (χ0v) is 11.9. The second-order valence-electron chi connectivity index (χ2n) is 5.40. The van der Waals surface area contributed by atoms with Gasteiger partial charge in [0.25, 0.3) is 5.91 Å². The highest BCUT2D eigenvalue weighted by molar-refractivity contribution is 5.75. The number of benzene rings is 1. The van der Waals surface area contributed by atoms with Crippen molar-refractivity contribution in [1.82, 2.24) is 5.32 Å². The van der Waals surface area contributed by atoms with Gasteiger partial charge in [0.05, 0.1) is 5.60 Å². The van der Waals surface area contributed by atoms with E-state index in [9.17, 15) is 4.79 Å². The molecule has 0 bridgehead atoms. The number of nitrogens with two attached hydrogens (primary N) is 1. The second kappa shape index (κ2) is 6.72. The van der Waals surface area contributed by atoms with Gasteiger partial charge in [-0.3, -0.25) is 4.79 Å².